The molecule has 0 aliphatic rings. The largest absolute Gasteiger partial charge is 0.462 e. The van der Waals surface area contributed by atoms with E-state index in [0.717, 1.165) is 109 Å². The van der Waals surface area contributed by atoms with Gasteiger partial charge in [0.25, 0.3) is 0 Å². The molecule has 0 bridgehead atoms. The second kappa shape index (κ2) is 54.5. The van der Waals surface area contributed by atoms with Gasteiger partial charge in [-0.05, 0) is 89.9 Å². The predicted octanol–water partition coefficient (Wildman–Crippen LogP) is 17.5. The topological polar surface area (TPSA) is 95.9 Å². The highest BCUT2D eigenvalue weighted by atomic mass is 16.5. The molecule has 0 spiro atoms. The highest BCUT2D eigenvalue weighted by Gasteiger charge is 2.24. The number of allylic oxidation sites excluding steroid dienone is 18. The van der Waals surface area contributed by atoms with Gasteiger partial charge in [0.15, 0.2) is 0 Å². The van der Waals surface area contributed by atoms with Crippen molar-refractivity contribution in [2.75, 3.05) is 6.61 Å². The normalized spacial score (nSPS) is 14.0. The van der Waals surface area contributed by atoms with Crippen LogP contribution in [-0.4, -0.2) is 46.9 Å². The summed E-state index contributed by atoms with van der Waals surface area (Å²) < 4.78 is 5.92. The quantitative estimate of drug-likeness (QED) is 0.0244. The molecule has 3 unspecified atom stereocenters. The molecule has 6 heteroatoms. The van der Waals surface area contributed by atoms with E-state index in [9.17, 15) is 19.8 Å². The monoisotopic (exact) mass is 944 g/mol. The van der Waals surface area contributed by atoms with Crippen LogP contribution in [-0.2, 0) is 14.3 Å². The van der Waals surface area contributed by atoms with E-state index in [-0.39, 0.29) is 24.9 Å². The molecule has 0 aromatic heterocycles. The van der Waals surface area contributed by atoms with Crippen LogP contribution in [0.25, 0.3) is 0 Å². The molecular weight excluding hydrogens is 839 g/mol. The number of aliphatic hydroxyl groups is 2. The Kier molecular flexibility index (Phi) is 51.7. The Hall–Kier alpha value is -3.48. The molecule has 0 fully saturated rings. The highest BCUT2D eigenvalue weighted by molar-refractivity contribution is 5.77. The van der Waals surface area contributed by atoms with E-state index in [1.54, 1.807) is 0 Å². The van der Waals surface area contributed by atoms with E-state index in [4.69, 9.17) is 4.74 Å². The Morgan fingerprint density at radius 2 is 0.868 bits per heavy atom. The summed E-state index contributed by atoms with van der Waals surface area (Å²) in [6, 6.07) is -0.730. The van der Waals surface area contributed by atoms with Crippen LogP contribution in [0.3, 0.4) is 0 Å². The third kappa shape index (κ3) is 49.0. The number of rotatable bonds is 49. The first-order valence-electron chi connectivity index (χ1n) is 28.2. The van der Waals surface area contributed by atoms with Gasteiger partial charge in [0.05, 0.1) is 25.2 Å². The Labute approximate surface area is 419 Å². The van der Waals surface area contributed by atoms with Gasteiger partial charge in [0.1, 0.15) is 6.10 Å². The van der Waals surface area contributed by atoms with Gasteiger partial charge in [-0.1, -0.05) is 252 Å². The number of ether oxygens (including phenoxy) is 1. The van der Waals surface area contributed by atoms with Crippen LogP contribution in [0.1, 0.15) is 245 Å². The van der Waals surface area contributed by atoms with E-state index < -0.39 is 18.2 Å². The summed E-state index contributed by atoms with van der Waals surface area (Å²) in [5.74, 6) is -0.557. The van der Waals surface area contributed by atoms with Crippen molar-refractivity contribution in [2.45, 2.75) is 264 Å². The average Bonchev–Trinajstić information content (AvgIpc) is 3.33. The van der Waals surface area contributed by atoms with Gasteiger partial charge in [-0.2, -0.15) is 0 Å². The lowest BCUT2D eigenvalue weighted by Crippen LogP contribution is -2.46. The van der Waals surface area contributed by atoms with E-state index >= 15 is 0 Å². The molecule has 388 valence electrons. The lowest BCUT2D eigenvalue weighted by atomic mass is 10.0. The summed E-state index contributed by atoms with van der Waals surface area (Å²) in [6.07, 6.45) is 74.4. The Morgan fingerprint density at radius 1 is 0.456 bits per heavy atom. The number of carbonyl (C=O) groups excluding carboxylic acids is 2. The zero-order valence-corrected chi connectivity index (χ0v) is 44.2. The first-order chi connectivity index (χ1) is 33.5. The molecule has 0 radical (unpaired) electrons. The van der Waals surface area contributed by atoms with Crippen molar-refractivity contribution in [1.29, 1.82) is 0 Å². The summed E-state index contributed by atoms with van der Waals surface area (Å²) in [4.78, 5) is 26.2. The molecule has 0 aromatic rings. The Morgan fingerprint density at radius 3 is 1.38 bits per heavy atom. The first kappa shape index (κ1) is 64.5. The lowest BCUT2D eigenvalue weighted by Gasteiger charge is -2.24. The number of aliphatic hydroxyl groups excluding tert-OH is 2. The van der Waals surface area contributed by atoms with Crippen LogP contribution in [0.2, 0.25) is 0 Å². The maximum absolute atomic E-state index is 13.3. The summed E-state index contributed by atoms with van der Waals surface area (Å²) in [6.45, 7) is 6.22. The predicted molar refractivity (Wildman–Crippen MR) is 296 cm³/mol. The average molecular weight is 945 g/mol. The van der Waals surface area contributed by atoms with E-state index in [1.807, 2.05) is 24.3 Å². The highest BCUT2D eigenvalue weighted by Crippen LogP contribution is 2.17. The van der Waals surface area contributed by atoms with Gasteiger partial charge in [0, 0.05) is 6.42 Å². The van der Waals surface area contributed by atoms with Gasteiger partial charge >= 0.3 is 5.97 Å². The van der Waals surface area contributed by atoms with Crippen molar-refractivity contribution in [2.24, 2.45) is 0 Å². The minimum atomic E-state index is -0.812. The van der Waals surface area contributed by atoms with Crippen LogP contribution in [0.4, 0.5) is 0 Å². The van der Waals surface area contributed by atoms with Gasteiger partial charge in [0.2, 0.25) is 5.91 Å². The van der Waals surface area contributed by atoms with E-state index in [2.05, 4.69) is 111 Å². The van der Waals surface area contributed by atoms with Crippen LogP contribution >= 0.6 is 0 Å². The zero-order chi connectivity index (χ0) is 49.5. The van der Waals surface area contributed by atoms with Crippen molar-refractivity contribution in [3.63, 3.8) is 0 Å². The number of nitrogens with one attached hydrogen (secondary N) is 1. The third-order valence-electron chi connectivity index (χ3n) is 12.2. The number of hydrogen-bond acceptors (Lipinski definition) is 5. The smallest absolute Gasteiger partial charge is 0.306 e. The van der Waals surface area contributed by atoms with Crippen molar-refractivity contribution < 1.29 is 24.5 Å². The van der Waals surface area contributed by atoms with Crippen LogP contribution < -0.4 is 5.32 Å². The molecule has 1 amide bonds. The fourth-order valence-corrected chi connectivity index (χ4v) is 8.00. The molecule has 0 aromatic carbocycles. The van der Waals surface area contributed by atoms with Crippen molar-refractivity contribution in [1.82, 2.24) is 5.32 Å². The van der Waals surface area contributed by atoms with E-state index in [0.29, 0.717) is 19.3 Å². The number of unbranched alkanes of at least 4 members (excludes halogenated alkanes) is 22. The maximum atomic E-state index is 13.3. The molecule has 6 nitrogen and oxygen atoms in total. The molecule has 3 atom stereocenters. The molecule has 0 rings (SSSR count). The molecule has 0 saturated carbocycles. The zero-order valence-electron chi connectivity index (χ0n) is 44.2. The number of hydrogen-bond donors (Lipinski definition) is 3. The molecule has 3 N–H and O–H groups in total. The summed E-state index contributed by atoms with van der Waals surface area (Å²) in [5, 5.41) is 23.9. The first-order valence-corrected chi connectivity index (χ1v) is 28.2. The van der Waals surface area contributed by atoms with Gasteiger partial charge in [-0.25, -0.2) is 0 Å². The molecule has 68 heavy (non-hydrogen) atoms. The molecule has 0 aliphatic carbocycles. The van der Waals surface area contributed by atoms with E-state index in [1.165, 1.54) is 89.9 Å². The number of carbonyl (C=O) groups is 2. The van der Waals surface area contributed by atoms with Crippen molar-refractivity contribution in [3.8, 4) is 0 Å². The fraction of sp³-hybridized carbons (Fsp3) is 0.677. The minimum Gasteiger partial charge on any atom is -0.462 e. The van der Waals surface area contributed by atoms with Crippen molar-refractivity contribution in [3.05, 3.63) is 109 Å². The number of amides is 1. The second-order valence-corrected chi connectivity index (χ2v) is 18.7. The standard InChI is InChI=1S/C62H105NO5/c1-4-7-10-13-16-19-22-25-27-29-30-32-34-37-40-43-46-49-52-55-62(67)68-58(53-50-47-44-41-38-35-24-21-18-15-12-9-6-3)56-61(66)63-59(57-64)60(65)54-51-48-45-42-39-36-33-31-28-26-23-20-17-14-11-8-5-2/h7,9-10,12,15-16,18-19,21,24-25,27,30,32,35,37-38,40,58-60,64-65H,4-6,8,11,13-14,17,20,22-23,26,28-29,31,33-34,36,39,41-57H2,1-3H3,(H,63,66)/b10-7-,12-9+,18-15+,19-16-,24-21+,27-25-,32-30-,38-35-,40-37-. The van der Waals surface area contributed by atoms with Gasteiger partial charge in [-0.3, -0.25) is 9.59 Å². The Bertz CT molecular complexity index is 1380. The SMILES string of the molecule is CC/C=C\C/C=C\C/C=C\C/C=C\C/C=C\CCCCCC(=O)OC(CCCCC\C=C/C=C/C=C/C=C/CC)CC(=O)NC(CO)C(O)CCCCCCCCCCCCCCCCCCC. The van der Waals surface area contributed by atoms with Crippen LogP contribution in [0.15, 0.2) is 109 Å². The summed E-state index contributed by atoms with van der Waals surface area (Å²) in [7, 11) is 0. The Balaban J connectivity index is 4.63. The third-order valence-corrected chi connectivity index (χ3v) is 12.2. The number of esters is 1. The molecular formula is C62H105NO5. The van der Waals surface area contributed by atoms with Gasteiger partial charge < -0.3 is 20.3 Å². The maximum Gasteiger partial charge on any atom is 0.306 e. The van der Waals surface area contributed by atoms with Gasteiger partial charge in [-0.15, -0.1) is 0 Å². The second-order valence-electron chi connectivity index (χ2n) is 18.7. The summed E-state index contributed by atoms with van der Waals surface area (Å²) in [5.41, 5.74) is 0. The molecule has 0 aliphatic heterocycles. The lowest BCUT2D eigenvalue weighted by molar-refractivity contribution is -0.151. The van der Waals surface area contributed by atoms with Crippen molar-refractivity contribution >= 4 is 11.9 Å². The summed E-state index contributed by atoms with van der Waals surface area (Å²) >= 11 is 0. The van der Waals surface area contributed by atoms with Crippen LogP contribution in [0.5, 0.6) is 0 Å². The molecule has 0 saturated heterocycles. The minimum absolute atomic E-state index is 0.0316. The molecule has 0 heterocycles. The fourth-order valence-electron chi connectivity index (χ4n) is 8.00. The van der Waals surface area contributed by atoms with Crippen LogP contribution in [0, 0.1) is 0 Å².